The largest absolute Gasteiger partial charge is 0.396 e. The molecule has 0 unspecified atom stereocenters. The fourth-order valence-corrected chi connectivity index (χ4v) is 2.81. The zero-order chi connectivity index (χ0) is 17.0. The summed E-state index contributed by atoms with van der Waals surface area (Å²) in [6.07, 6.45) is 0.663. The van der Waals surface area contributed by atoms with Gasteiger partial charge in [-0.25, -0.2) is 17.5 Å². The molecule has 1 atom stereocenters. The van der Waals surface area contributed by atoms with E-state index < -0.39 is 26.6 Å². The summed E-state index contributed by atoms with van der Waals surface area (Å²) in [5.74, 6) is -0.599. The highest BCUT2D eigenvalue weighted by Crippen LogP contribution is 2.25. The third kappa shape index (κ3) is 4.77. The number of nitrogens with one attached hydrogen (secondary N) is 1. The van der Waals surface area contributed by atoms with E-state index in [9.17, 15) is 12.8 Å². The van der Waals surface area contributed by atoms with Crippen LogP contribution in [0.5, 0.6) is 0 Å². The Morgan fingerprint density at radius 2 is 2.00 bits per heavy atom. The smallest absolute Gasteiger partial charge is 0.217 e. The molecule has 122 valence electrons. The number of nitrogens with zero attached hydrogens (tertiary/aromatic N) is 1. The zero-order valence-corrected chi connectivity index (χ0v) is 13.7. The van der Waals surface area contributed by atoms with Gasteiger partial charge in [0.2, 0.25) is 10.0 Å². The van der Waals surface area contributed by atoms with Gasteiger partial charge >= 0.3 is 0 Å². The average Bonchev–Trinajstić information content (AvgIpc) is 2.41. The van der Waals surface area contributed by atoms with E-state index in [1.165, 1.54) is 12.1 Å². The van der Waals surface area contributed by atoms with Gasteiger partial charge in [-0.1, -0.05) is 0 Å². The second kappa shape index (κ2) is 7.18. The molecule has 1 rings (SSSR count). The minimum Gasteiger partial charge on any atom is -0.396 e. The Balaban J connectivity index is 3.19. The molecule has 0 aliphatic carbocycles. The minimum atomic E-state index is -3.64. The number of hydrogen-bond donors (Lipinski definition) is 2. The lowest BCUT2D eigenvalue weighted by Crippen LogP contribution is -2.41. The van der Waals surface area contributed by atoms with Gasteiger partial charge in [-0.2, -0.15) is 5.26 Å². The van der Waals surface area contributed by atoms with E-state index in [4.69, 9.17) is 10.4 Å². The fraction of sp³-hybridized carbons (Fsp3) is 0.533. The van der Waals surface area contributed by atoms with E-state index in [1.54, 1.807) is 20.8 Å². The van der Waals surface area contributed by atoms with Crippen molar-refractivity contribution in [1.82, 2.24) is 4.72 Å². The number of benzene rings is 1. The molecule has 7 heteroatoms. The average molecular weight is 328 g/mol. The van der Waals surface area contributed by atoms with Crippen molar-refractivity contribution in [2.45, 2.75) is 44.4 Å². The highest BCUT2D eigenvalue weighted by Gasteiger charge is 2.31. The van der Waals surface area contributed by atoms with E-state index in [1.807, 2.05) is 6.07 Å². The van der Waals surface area contributed by atoms with Gasteiger partial charge in [-0.15, -0.1) is 0 Å². The highest BCUT2D eigenvalue weighted by atomic mass is 32.2. The van der Waals surface area contributed by atoms with Crippen molar-refractivity contribution < 1.29 is 17.9 Å². The number of hydrogen-bond acceptors (Lipinski definition) is 4. The number of aliphatic hydroxyl groups excluding tert-OH is 1. The Labute approximate surface area is 130 Å². The van der Waals surface area contributed by atoms with E-state index in [0.717, 1.165) is 6.07 Å². The van der Waals surface area contributed by atoms with Crippen molar-refractivity contribution in [3.63, 3.8) is 0 Å². The summed E-state index contributed by atoms with van der Waals surface area (Å²) in [7, 11) is -3.64. The summed E-state index contributed by atoms with van der Waals surface area (Å²) in [5, 5.41) is 17.9. The zero-order valence-electron chi connectivity index (χ0n) is 12.9. The van der Waals surface area contributed by atoms with Gasteiger partial charge < -0.3 is 5.11 Å². The number of sulfonamides is 1. The van der Waals surface area contributed by atoms with Gasteiger partial charge in [0.05, 0.1) is 16.4 Å². The third-order valence-corrected chi connectivity index (χ3v) is 5.41. The maximum absolute atomic E-state index is 13.6. The van der Waals surface area contributed by atoms with Crippen molar-refractivity contribution in [3.05, 3.63) is 35.1 Å². The second-order valence-electron chi connectivity index (χ2n) is 6.04. The van der Waals surface area contributed by atoms with Crippen LogP contribution in [0.25, 0.3) is 0 Å². The lowest BCUT2D eigenvalue weighted by Gasteiger charge is -2.25. The van der Waals surface area contributed by atoms with Crippen molar-refractivity contribution in [1.29, 1.82) is 5.26 Å². The first-order valence-electron chi connectivity index (χ1n) is 6.94. The first kappa shape index (κ1) is 18.6. The van der Waals surface area contributed by atoms with Crippen molar-refractivity contribution in [3.8, 4) is 6.07 Å². The molecular weight excluding hydrogens is 307 g/mol. The molecule has 2 N–H and O–H groups in total. The molecule has 0 heterocycles. The lowest BCUT2D eigenvalue weighted by atomic mass is 10.0. The molecule has 1 aromatic rings. The molecule has 0 fully saturated rings. The van der Waals surface area contributed by atoms with Crippen LogP contribution in [0.4, 0.5) is 4.39 Å². The van der Waals surface area contributed by atoms with E-state index in [2.05, 4.69) is 4.72 Å². The third-order valence-electron chi connectivity index (χ3n) is 3.21. The SMILES string of the molecule is CC(C)(C)S(=O)(=O)N[C@H](CCCO)c1cc(F)cc(C#N)c1. The molecular formula is C15H21FN2O3S. The van der Waals surface area contributed by atoms with Crippen LogP contribution < -0.4 is 4.72 Å². The second-order valence-corrected chi connectivity index (χ2v) is 8.50. The highest BCUT2D eigenvalue weighted by molar-refractivity contribution is 7.90. The first-order valence-corrected chi connectivity index (χ1v) is 8.42. The summed E-state index contributed by atoms with van der Waals surface area (Å²) in [4.78, 5) is 0. The van der Waals surface area contributed by atoms with Gasteiger partial charge in [-0.05, 0) is 57.4 Å². The van der Waals surface area contributed by atoms with Crippen LogP contribution in [-0.2, 0) is 10.0 Å². The summed E-state index contributed by atoms with van der Waals surface area (Å²) >= 11 is 0. The summed E-state index contributed by atoms with van der Waals surface area (Å²) < 4.78 is 39.7. The standard InChI is InChI=1S/C15H21FN2O3S/c1-15(2,3)22(20,21)18-14(5-4-6-19)12-7-11(10-17)8-13(16)9-12/h7-9,14,18-19H,4-6H2,1-3H3/t14-/m1/s1. The Hall–Kier alpha value is -1.49. The summed E-state index contributed by atoms with van der Waals surface area (Å²) in [6, 6.07) is 4.90. The number of aliphatic hydroxyl groups is 1. The van der Waals surface area contributed by atoms with Crippen molar-refractivity contribution in [2.24, 2.45) is 0 Å². The minimum absolute atomic E-state index is 0.103. The van der Waals surface area contributed by atoms with E-state index >= 15 is 0 Å². The van der Waals surface area contributed by atoms with Crippen LogP contribution in [-0.4, -0.2) is 24.9 Å². The van der Waals surface area contributed by atoms with E-state index in [0.29, 0.717) is 18.4 Å². The van der Waals surface area contributed by atoms with E-state index in [-0.39, 0.29) is 12.2 Å². The maximum atomic E-state index is 13.6. The molecule has 5 nitrogen and oxygen atoms in total. The quantitative estimate of drug-likeness (QED) is 0.838. The molecule has 0 aliphatic rings. The van der Waals surface area contributed by atoms with Gasteiger partial charge in [-0.3, -0.25) is 0 Å². The number of rotatable bonds is 6. The molecule has 0 aromatic heterocycles. The molecule has 0 bridgehead atoms. The van der Waals surface area contributed by atoms with Gasteiger partial charge in [0.1, 0.15) is 5.82 Å². The molecule has 1 aromatic carbocycles. The summed E-state index contributed by atoms with van der Waals surface area (Å²) in [6.45, 7) is 4.58. The Kier molecular flexibility index (Phi) is 6.06. The van der Waals surface area contributed by atoms with Crippen LogP contribution in [0, 0.1) is 17.1 Å². The fourth-order valence-electron chi connectivity index (χ4n) is 1.83. The molecule has 0 saturated carbocycles. The maximum Gasteiger partial charge on any atom is 0.217 e. The Morgan fingerprint density at radius 3 is 2.50 bits per heavy atom. The predicted molar refractivity (Wildman–Crippen MR) is 82.0 cm³/mol. The summed E-state index contributed by atoms with van der Waals surface area (Å²) in [5.41, 5.74) is 0.497. The van der Waals surface area contributed by atoms with Crippen LogP contribution >= 0.6 is 0 Å². The van der Waals surface area contributed by atoms with Crippen LogP contribution in [0.3, 0.4) is 0 Å². The van der Waals surface area contributed by atoms with Crippen molar-refractivity contribution >= 4 is 10.0 Å². The lowest BCUT2D eigenvalue weighted by molar-refractivity contribution is 0.278. The van der Waals surface area contributed by atoms with Gasteiger partial charge in [0.25, 0.3) is 0 Å². The topological polar surface area (TPSA) is 90.2 Å². The van der Waals surface area contributed by atoms with Crippen LogP contribution in [0.2, 0.25) is 0 Å². The molecule has 0 saturated heterocycles. The van der Waals surface area contributed by atoms with Gasteiger partial charge in [0, 0.05) is 12.6 Å². The molecule has 0 amide bonds. The Bertz CT molecular complexity index is 660. The molecule has 0 spiro atoms. The van der Waals surface area contributed by atoms with Crippen LogP contribution in [0.1, 0.15) is 50.8 Å². The monoisotopic (exact) mass is 328 g/mol. The first-order chi connectivity index (χ1) is 10.1. The predicted octanol–water partition coefficient (Wildman–Crippen LogP) is 2.23. The molecule has 22 heavy (non-hydrogen) atoms. The number of halogens is 1. The number of nitriles is 1. The Morgan fingerprint density at radius 1 is 1.36 bits per heavy atom. The molecule has 0 aliphatic heterocycles. The van der Waals surface area contributed by atoms with Gasteiger partial charge in [0.15, 0.2) is 0 Å². The normalized spacial score (nSPS) is 13.6. The van der Waals surface area contributed by atoms with Crippen molar-refractivity contribution in [2.75, 3.05) is 6.61 Å². The molecule has 0 radical (unpaired) electrons. The van der Waals surface area contributed by atoms with Crippen LogP contribution in [0.15, 0.2) is 18.2 Å².